The summed E-state index contributed by atoms with van der Waals surface area (Å²) in [6.45, 7) is 0.250. The number of ether oxygens (including phenoxy) is 2. The molecule has 152 valence electrons. The summed E-state index contributed by atoms with van der Waals surface area (Å²) >= 11 is 15.5. The van der Waals surface area contributed by atoms with Gasteiger partial charge < -0.3 is 9.47 Å². The Morgan fingerprint density at radius 3 is 2.57 bits per heavy atom. The maximum absolute atomic E-state index is 14.1. The first-order valence-corrected chi connectivity index (χ1v) is 10.3. The lowest BCUT2D eigenvalue weighted by Gasteiger charge is -2.14. The van der Waals surface area contributed by atoms with E-state index in [0.717, 1.165) is 5.56 Å². The molecule has 30 heavy (non-hydrogen) atoms. The molecule has 0 spiro atoms. The van der Waals surface area contributed by atoms with E-state index < -0.39 is 5.82 Å². The second kappa shape index (κ2) is 9.99. The Morgan fingerprint density at radius 1 is 1.13 bits per heavy atom. The highest BCUT2D eigenvalue weighted by Crippen LogP contribution is 2.38. The Bertz CT molecular complexity index is 1160. The molecule has 0 heterocycles. The third-order valence-corrected chi connectivity index (χ3v) is 5.54. The molecule has 0 aliphatic carbocycles. The number of methoxy groups -OCH3 is 1. The first-order chi connectivity index (χ1) is 14.4. The number of hydrogen-bond acceptors (Lipinski definition) is 3. The van der Waals surface area contributed by atoms with Gasteiger partial charge in [-0.1, -0.05) is 47.5 Å². The lowest BCUT2D eigenvalue weighted by atomic mass is 10.0. The predicted octanol–water partition coefficient (Wildman–Crippen LogP) is 7.55. The molecule has 0 unspecified atom stereocenters. The van der Waals surface area contributed by atoms with Crippen LogP contribution in [0.2, 0.25) is 10.0 Å². The van der Waals surface area contributed by atoms with Crippen molar-refractivity contribution in [2.75, 3.05) is 7.11 Å². The van der Waals surface area contributed by atoms with Gasteiger partial charge in [0.05, 0.1) is 33.3 Å². The van der Waals surface area contributed by atoms with Crippen molar-refractivity contribution >= 4 is 50.8 Å². The molecule has 0 atom stereocenters. The van der Waals surface area contributed by atoms with Crippen LogP contribution in [0.15, 0.2) is 59.1 Å². The highest BCUT2D eigenvalue weighted by Gasteiger charge is 2.13. The van der Waals surface area contributed by atoms with Crippen LogP contribution in [0.1, 0.15) is 16.7 Å². The molecule has 3 rings (SSSR count). The van der Waals surface area contributed by atoms with Crippen LogP contribution in [-0.2, 0) is 6.61 Å². The van der Waals surface area contributed by atoms with Gasteiger partial charge in [-0.05, 0) is 63.5 Å². The van der Waals surface area contributed by atoms with E-state index in [0.29, 0.717) is 31.6 Å². The maximum atomic E-state index is 14.1. The van der Waals surface area contributed by atoms with Crippen molar-refractivity contribution in [3.63, 3.8) is 0 Å². The maximum Gasteiger partial charge on any atom is 0.175 e. The summed E-state index contributed by atoms with van der Waals surface area (Å²) in [5.41, 5.74) is 1.93. The minimum atomic E-state index is -0.460. The molecule has 0 fully saturated rings. The van der Waals surface area contributed by atoms with Crippen LogP contribution in [0.3, 0.4) is 0 Å². The zero-order valence-corrected chi connectivity index (χ0v) is 18.9. The van der Waals surface area contributed by atoms with Crippen molar-refractivity contribution in [3.05, 3.63) is 91.6 Å². The molecule has 0 amide bonds. The van der Waals surface area contributed by atoms with Crippen LogP contribution >= 0.6 is 39.1 Å². The molecule has 0 bridgehead atoms. The number of nitriles is 1. The van der Waals surface area contributed by atoms with Gasteiger partial charge in [0.15, 0.2) is 11.5 Å². The summed E-state index contributed by atoms with van der Waals surface area (Å²) in [4.78, 5) is 0. The lowest BCUT2D eigenvalue weighted by Crippen LogP contribution is -1.99. The molecule has 7 heteroatoms. The van der Waals surface area contributed by atoms with E-state index in [4.69, 9.17) is 32.7 Å². The molecule has 0 saturated heterocycles. The van der Waals surface area contributed by atoms with Crippen molar-refractivity contribution in [2.24, 2.45) is 0 Å². The smallest absolute Gasteiger partial charge is 0.175 e. The van der Waals surface area contributed by atoms with Crippen molar-refractivity contribution in [3.8, 4) is 17.6 Å². The largest absolute Gasteiger partial charge is 0.493 e. The first-order valence-electron chi connectivity index (χ1n) is 8.74. The molecule has 3 nitrogen and oxygen atoms in total. The van der Waals surface area contributed by atoms with E-state index in [-0.39, 0.29) is 17.7 Å². The van der Waals surface area contributed by atoms with Gasteiger partial charge in [-0.2, -0.15) is 5.26 Å². The zero-order valence-electron chi connectivity index (χ0n) is 15.8. The Kier molecular flexibility index (Phi) is 7.38. The van der Waals surface area contributed by atoms with E-state index in [1.807, 2.05) is 12.1 Å². The summed E-state index contributed by atoms with van der Waals surface area (Å²) in [5.74, 6) is 0.490. The van der Waals surface area contributed by atoms with Gasteiger partial charge in [-0.15, -0.1) is 0 Å². The molecule has 0 N–H and O–H groups in total. The van der Waals surface area contributed by atoms with E-state index in [2.05, 4.69) is 15.9 Å². The molecule has 0 aromatic heterocycles. The standard InChI is InChI=1S/C23H15BrCl2FNO2/c1-29-22-11-15(8-16(12-28)17-4-2-3-5-21(17)27)9-18(24)23(22)30-13-14-6-7-19(25)20(26)10-14/h2-11H,13H2,1H3/b16-8-. The van der Waals surface area contributed by atoms with Crippen molar-refractivity contribution in [1.82, 2.24) is 0 Å². The fourth-order valence-corrected chi connectivity index (χ4v) is 3.66. The van der Waals surface area contributed by atoms with Gasteiger partial charge in [-0.25, -0.2) is 4.39 Å². The average Bonchev–Trinajstić information content (AvgIpc) is 2.74. The minimum Gasteiger partial charge on any atom is -0.493 e. The Morgan fingerprint density at radius 2 is 1.90 bits per heavy atom. The fraction of sp³-hybridized carbons (Fsp3) is 0.0870. The fourth-order valence-electron chi connectivity index (χ4n) is 2.76. The van der Waals surface area contributed by atoms with Crippen LogP contribution < -0.4 is 9.47 Å². The Balaban J connectivity index is 1.91. The van der Waals surface area contributed by atoms with Crippen molar-refractivity contribution in [2.45, 2.75) is 6.61 Å². The van der Waals surface area contributed by atoms with Gasteiger partial charge in [0.2, 0.25) is 0 Å². The topological polar surface area (TPSA) is 42.2 Å². The normalized spacial score (nSPS) is 11.1. The van der Waals surface area contributed by atoms with Gasteiger partial charge in [0.25, 0.3) is 0 Å². The van der Waals surface area contributed by atoms with E-state index in [1.54, 1.807) is 48.5 Å². The third kappa shape index (κ3) is 5.14. The van der Waals surface area contributed by atoms with E-state index in [9.17, 15) is 9.65 Å². The third-order valence-electron chi connectivity index (χ3n) is 4.21. The highest BCUT2D eigenvalue weighted by molar-refractivity contribution is 9.10. The monoisotopic (exact) mass is 505 g/mol. The second-order valence-electron chi connectivity index (χ2n) is 6.22. The minimum absolute atomic E-state index is 0.200. The zero-order chi connectivity index (χ0) is 21.7. The molecule has 3 aromatic rings. The van der Waals surface area contributed by atoms with Crippen LogP contribution in [0.25, 0.3) is 11.6 Å². The Labute approximate surface area is 192 Å². The number of hydrogen-bond donors (Lipinski definition) is 0. The SMILES string of the molecule is COc1cc(/C=C(/C#N)c2ccccc2F)cc(Br)c1OCc1ccc(Cl)c(Cl)c1. The molecule has 0 radical (unpaired) electrons. The summed E-state index contributed by atoms with van der Waals surface area (Å²) in [7, 11) is 1.52. The lowest BCUT2D eigenvalue weighted by molar-refractivity contribution is 0.282. The first kappa shape index (κ1) is 22.2. The van der Waals surface area contributed by atoms with Crippen molar-refractivity contribution in [1.29, 1.82) is 5.26 Å². The number of nitrogens with zero attached hydrogens (tertiary/aromatic N) is 1. The average molecular weight is 507 g/mol. The van der Waals surface area contributed by atoms with Crippen molar-refractivity contribution < 1.29 is 13.9 Å². The molecule has 0 saturated carbocycles. The summed E-state index contributed by atoms with van der Waals surface area (Å²) < 4.78 is 26.1. The van der Waals surface area contributed by atoms with Crippen LogP contribution in [-0.4, -0.2) is 7.11 Å². The second-order valence-corrected chi connectivity index (χ2v) is 7.89. The molecule has 0 aliphatic rings. The molecule has 0 aliphatic heterocycles. The van der Waals surface area contributed by atoms with Gasteiger partial charge >= 0.3 is 0 Å². The molecule has 3 aromatic carbocycles. The number of benzene rings is 3. The van der Waals surface area contributed by atoms with Crippen LogP contribution in [0.5, 0.6) is 11.5 Å². The molecular formula is C23H15BrCl2FNO2. The molecular weight excluding hydrogens is 492 g/mol. The van der Waals surface area contributed by atoms with Gasteiger partial charge in [0.1, 0.15) is 12.4 Å². The van der Waals surface area contributed by atoms with Gasteiger partial charge in [0, 0.05) is 5.56 Å². The Hall–Kier alpha value is -2.52. The summed E-state index contributed by atoms with van der Waals surface area (Å²) in [5, 5.41) is 10.4. The summed E-state index contributed by atoms with van der Waals surface area (Å²) in [6, 6.07) is 16.9. The van der Waals surface area contributed by atoms with E-state index in [1.165, 1.54) is 13.2 Å². The number of rotatable bonds is 6. The number of allylic oxidation sites excluding steroid dienone is 1. The van der Waals surface area contributed by atoms with E-state index >= 15 is 0 Å². The van der Waals surface area contributed by atoms with Crippen LogP contribution in [0.4, 0.5) is 4.39 Å². The van der Waals surface area contributed by atoms with Gasteiger partial charge in [-0.3, -0.25) is 0 Å². The quantitative estimate of drug-likeness (QED) is 0.256. The summed E-state index contributed by atoms with van der Waals surface area (Å²) in [6.07, 6.45) is 1.59. The van der Waals surface area contributed by atoms with Crippen LogP contribution in [0, 0.1) is 17.1 Å². The predicted molar refractivity (Wildman–Crippen MR) is 121 cm³/mol. The highest BCUT2D eigenvalue weighted by atomic mass is 79.9. The number of halogens is 4.